The van der Waals surface area contributed by atoms with Crippen molar-refractivity contribution in [2.75, 3.05) is 0 Å². The largest absolute Gasteiger partial charge is 0.456 e. The van der Waals surface area contributed by atoms with Crippen molar-refractivity contribution in [3.8, 4) is 0 Å². The highest BCUT2D eigenvalue weighted by molar-refractivity contribution is 6.21. The lowest BCUT2D eigenvalue weighted by Gasteiger charge is -2.17. The summed E-state index contributed by atoms with van der Waals surface area (Å²) in [6.45, 7) is 5.28. The Balaban J connectivity index is 3.74. The molecule has 0 aliphatic carbocycles. The summed E-state index contributed by atoms with van der Waals surface area (Å²) in [6.07, 6.45) is 0.658. The molecule has 0 spiro atoms. The summed E-state index contributed by atoms with van der Waals surface area (Å²) < 4.78 is 4.70. The van der Waals surface area contributed by atoms with Crippen molar-refractivity contribution >= 4 is 12.2 Å². The number of rotatable bonds is 1. The fraction of sp³-hybridized carbons (Fsp3) is 0.667. The van der Waals surface area contributed by atoms with Crippen LogP contribution >= 0.6 is 0 Å². The van der Waals surface area contributed by atoms with E-state index in [-0.39, 0.29) is 0 Å². The summed E-state index contributed by atoms with van der Waals surface area (Å²) >= 11 is 0. The second kappa shape index (κ2) is 2.62. The van der Waals surface area contributed by atoms with E-state index in [4.69, 9.17) is 10.1 Å². The minimum atomic E-state index is -0.595. The zero-order chi connectivity index (χ0) is 7.49. The van der Waals surface area contributed by atoms with Crippen molar-refractivity contribution in [2.45, 2.75) is 26.4 Å². The molecular weight excluding hydrogens is 118 g/mol. The molecule has 3 heteroatoms. The standard InChI is InChI=1S/C6H11NO2/c1-6(2,3)9-5(8)4-7/h4,7H,1-3H3. The van der Waals surface area contributed by atoms with Crippen molar-refractivity contribution in [3.63, 3.8) is 0 Å². The molecule has 0 aliphatic heterocycles. The van der Waals surface area contributed by atoms with Crippen molar-refractivity contribution in [1.29, 1.82) is 5.41 Å². The van der Waals surface area contributed by atoms with Gasteiger partial charge in [0.1, 0.15) is 11.8 Å². The van der Waals surface area contributed by atoms with Gasteiger partial charge in [0.05, 0.1) is 0 Å². The van der Waals surface area contributed by atoms with Crippen LogP contribution in [-0.2, 0) is 9.53 Å². The first-order chi connectivity index (χ1) is 3.95. The van der Waals surface area contributed by atoms with Crippen LogP contribution in [0, 0.1) is 5.41 Å². The molecular formula is C6H11NO2. The topological polar surface area (TPSA) is 50.2 Å². The Labute approximate surface area is 54.5 Å². The molecule has 0 bridgehead atoms. The summed E-state index contributed by atoms with van der Waals surface area (Å²) in [5.74, 6) is -0.595. The van der Waals surface area contributed by atoms with Gasteiger partial charge in [-0.15, -0.1) is 0 Å². The van der Waals surface area contributed by atoms with Gasteiger partial charge in [0.2, 0.25) is 0 Å². The molecule has 0 atom stereocenters. The minimum absolute atomic E-state index is 0.478. The van der Waals surface area contributed by atoms with E-state index in [0.717, 1.165) is 0 Å². The van der Waals surface area contributed by atoms with E-state index < -0.39 is 11.6 Å². The molecule has 3 nitrogen and oxygen atoms in total. The lowest BCUT2D eigenvalue weighted by Crippen LogP contribution is -2.24. The van der Waals surface area contributed by atoms with Crippen LogP contribution in [0.4, 0.5) is 0 Å². The average molecular weight is 129 g/mol. The first kappa shape index (κ1) is 8.14. The maximum Gasteiger partial charge on any atom is 0.349 e. The SMILES string of the molecule is CC(C)(C)OC(=O)C=N. The summed E-state index contributed by atoms with van der Waals surface area (Å²) in [5, 5.41) is 6.49. The molecule has 0 amide bonds. The molecule has 0 aromatic heterocycles. The first-order valence-electron chi connectivity index (χ1n) is 2.69. The molecule has 0 heterocycles. The first-order valence-corrected chi connectivity index (χ1v) is 2.69. The molecule has 0 saturated heterocycles. The monoisotopic (exact) mass is 129 g/mol. The highest BCUT2D eigenvalue weighted by Crippen LogP contribution is 2.05. The number of esters is 1. The number of carbonyl (C=O) groups is 1. The molecule has 0 aromatic carbocycles. The third-order valence-electron chi connectivity index (χ3n) is 0.525. The van der Waals surface area contributed by atoms with E-state index >= 15 is 0 Å². The maximum absolute atomic E-state index is 10.4. The number of carbonyl (C=O) groups excluding carboxylic acids is 1. The maximum atomic E-state index is 10.4. The van der Waals surface area contributed by atoms with Gasteiger partial charge in [-0.2, -0.15) is 0 Å². The Kier molecular flexibility index (Phi) is 2.37. The Morgan fingerprint density at radius 3 is 2.11 bits per heavy atom. The van der Waals surface area contributed by atoms with Crippen LogP contribution in [-0.4, -0.2) is 17.8 Å². The predicted octanol–water partition coefficient (Wildman–Crippen LogP) is 0.978. The van der Waals surface area contributed by atoms with Gasteiger partial charge in [-0.1, -0.05) is 0 Å². The van der Waals surface area contributed by atoms with E-state index in [2.05, 4.69) is 0 Å². The molecule has 1 N–H and O–H groups in total. The Morgan fingerprint density at radius 1 is 1.56 bits per heavy atom. The molecule has 0 rings (SSSR count). The smallest absolute Gasteiger partial charge is 0.349 e. The van der Waals surface area contributed by atoms with Crippen molar-refractivity contribution < 1.29 is 9.53 Å². The summed E-state index contributed by atoms with van der Waals surface area (Å²) in [4.78, 5) is 10.4. The fourth-order valence-electron chi connectivity index (χ4n) is 0.331. The number of hydrogen-bond donors (Lipinski definition) is 1. The normalized spacial score (nSPS) is 10.6. The molecule has 0 aromatic rings. The van der Waals surface area contributed by atoms with Crippen LogP contribution in [0.25, 0.3) is 0 Å². The quantitative estimate of drug-likeness (QED) is 0.423. The molecule has 0 radical (unpaired) electrons. The van der Waals surface area contributed by atoms with Gasteiger partial charge in [-0.05, 0) is 20.8 Å². The van der Waals surface area contributed by atoms with Gasteiger partial charge in [-0.3, -0.25) is 0 Å². The molecule has 0 fully saturated rings. The van der Waals surface area contributed by atoms with Gasteiger partial charge < -0.3 is 10.1 Å². The molecule has 52 valence electrons. The highest BCUT2D eigenvalue weighted by Gasteiger charge is 2.13. The summed E-state index contributed by atoms with van der Waals surface area (Å²) in [6, 6.07) is 0. The van der Waals surface area contributed by atoms with Crippen molar-refractivity contribution in [3.05, 3.63) is 0 Å². The van der Waals surface area contributed by atoms with Gasteiger partial charge in [0.15, 0.2) is 0 Å². The Hall–Kier alpha value is -0.860. The van der Waals surface area contributed by atoms with Crippen LogP contribution in [0.3, 0.4) is 0 Å². The van der Waals surface area contributed by atoms with Crippen LogP contribution < -0.4 is 0 Å². The third kappa shape index (κ3) is 5.00. The van der Waals surface area contributed by atoms with Gasteiger partial charge in [0, 0.05) is 0 Å². The van der Waals surface area contributed by atoms with E-state index in [1.54, 1.807) is 20.8 Å². The Morgan fingerprint density at radius 2 is 2.00 bits per heavy atom. The van der Waals surface area contributed by atoms with E-state index in [1.165, 1.54) is 0 Å². The van der Waals surface area contributed by atoms with Gasteiger partial charge in [0.25, 0.3) is 0 Å². The predicted molar refractivity (Wildman–Crippen MR) is 34.6 cm³/mol. The van der Waals surface area contributed by atoms with E-state index in [0.29, 0.717) is 6.21 Å². The second-order valence-electron chi connectivity index (χ2n) is 2.68. The second-order valence-corrected chi connectivity index (χ2v) is 2.68. The lowest BCUT2D eigenvalue weighted by molar-refractivity contribution is -0.145. The van der Waals surface area contributed by atoms with Gasteiger partial charge in [-0.25, -0.2) is 4.79 Å². The van der Waals surface area contributed by atoms with Crippen molar-refractivity contribution in [2.24, 2.45) is 0 Å². The molecule has 9 heavy (non-hydrogen) atoms. The van der Waals surface area contributed by atoms with E-state index in [1.807, 2.05) is 0 Å². The third-order valence-corrected chi connectivity index (χ3v) is 0.525. The van der Waals surface area contributed by atoms with Crippen molar-refractivity contribution in [1.82, 2.24) is 0 Å². The summed E-state index contributed by atoms with van der Waals surface area (Å²) in [5.41, 5.74) is -0.478. The van der Waals surface area contributed by atoms with Crippen LogP contribution in [0.5, 0.6) is 0 Å². The zero-order valence-electron chi connectivity index (χ0n) is 5.89. The number of hydrogen-bond acceptors (Lipinski definition) is 3. The van der Waals surface area contributed by atoms with Crippen LogP contribution in [0.2, 0.25) is 0 Å². The summed E-state index contributed by atoms with van der Waals surface area (Å²) in [7, 11) is 0. The number of ether oxygens (including phenoxy) is 1. The highest BCUT2D eigenvalue weighted by atomic mass is 16.6. The number of nitrogens with one attached hydrogen (secondary N) is 1. The van der Waals surface area contributed by atoms with Crippen LogP contribution in [0.1, 0.15) is 20.8 Å². The lowest BCUT2D eigenvalue weighted by atomic mass is 10.2. The molecule has 0 unspecified atom stereocenters. The van der Waals surface area contributed by atoms with Crippen LogP contribution in [0.15, 0.2) is 0 Å². The van der Waals surface area contributed by atoms with E-state index in [9.17, 15) is 4.79 Å². The molecule has 0 saturated carbocycles. The fourth-order valence-corrected chi connectivity index (χ4v) is 0.331. The average Bonchev–Trinajstić information content (AvgIpc) is 1.62. The zero-order valence-corrected chi connectivity index (χ0v) is 5.89. The molecule has 0 aliphatic rings. The van der Waals surface area contributed by atoms with Gasteiger partial charge >= 0.3 is 5.97 Å². The Bertz CT molecular complexity index is 124. The minimum Gasteiger partial charge on any atom is -0.456 e.